The highest BCUT2D eigenvalue weighted by Crippen LogP contribution is 2.20. The Balaban J connectivity index is 4.30. The molecular weight excluding hydrogens is 288 g/mol. The maximum Gasteiger partial charge on any atom is 0.114 e. The van der Waals surface area contributed by atoms with Gasteiger partial charge < -0.3 is 16.6 Å². The molecule has 0 radical (unpaired) electrons. The Morgan fingerprint density at radius 3 is 1.79 bits per heavy atom. The van der Waals surface area contributed by atoms with Gasteiger partial charge in [0.2, 0.25) is 0 Å². The van der Waals surface area contributed by atoms with Crippen LogP contribution in [0.25, 0.3) is 12.4 Å². The molecule has 0 saturated heterocycles. The van der Waals surface area contributed by atoms with E-state index >= 15 is 0 Å². The molecule has 0 saturated carbocycles. The second-order valence-corrected chi connectivity index (χ2v) is 5.29. The summed E-state index contributed by atoms with van der Waals surface area (Å²) in [5.41, 5.74) is 0. The average molecular weight is 288 g/mol. The molecule has 14 heteroatoms. The molecule has 0 rings (SSSR count). The van der Waals surface area contributed by atoms with Gasteiger partial charge in [-0.2, -0.15) is 18.9 Å². The van der Waals surface area contributed by atoms with E-state index in [-0.39, 0.29) is 0 Å². The highest BCUT2D eigenvalue weighted by atomic mass is 32.3. The smallest absolute Gasteiger partial charge is 0.114 e. The van der Waals surface area contributed by atoms with Gasteiger partial charge in [0.25, 0.3) is 0 Å². The van der Waals surface area contributed by atoms with E-state index in [1.54, 1.807) is 0 Å². The van der Waals surface area contributed by atoms with Gasteiger partial charge >= 0.3 is 0 Å². The molecule has 0 aliphatic heterocycles. The lowest BCUT2D eigenvalue weighted by molar-refractivity contribution is 0.610. The Bertz CT molecular complexity index is 361. The third-order valence-corrected chi connectivity index (χ3v) is 3.90. The summed E-state index contributed by atoms with van der Waals surface area (Å²) < 4.78 is 79.5. The molecular formula is F2N3O5S4-3. The molecule has 14 heavy (non-hydrogen) atoms. The molecule has 0 aromatic heterocycles. The fourth-order valence-electron chi connectivity index (χ4n) is 0.232. The molecule has 0 N–H and O–H groups in total. The van der Waals surface area contributed by atoms with Crippen molar-refractivity contribution in [3.05, 3.63) is 12.4 Å². The molecule has 0 amide bonds. The van der Waals surface area contributed by atoms with Gasteiger partial charge in [-0.25, -0.2) is 8.42 Å². The largest absolute Gasteiger partial charge is 0.498 e. The summed E-state index contributed by atoms with van der Waals surface area (Å²) in [6.07, 6.45) is 0. The van der Waals surface area contributed by atoms with Crippen molar-refractivity contribution in [3.8, 4) is 0 Å². The van der Waals surface area contributed by atoms with Gasteiger partial charge in [-0.1, -0.05) is 0 Å². The van der Waals surface area contributed by atoms with Gasteiger partial charge in [-0.15, -0.1) is 0 Å². The fourth-order valence-corrected chi connectivity index (χ4v) is 2.58. The van der Waals surface area contributed by atoms with Gasteiger partial charge in [-0.3, -0.25) is 8.42 Å². The molecule has 0 bridgehead atoms. The van der Waals surface area contributed by atoms with Crippen LogP contribution in [0.15, 0.2) is 0 Å². The lowest BCUT2D eigenvalue weighted by Gasteiger charge is -2.32. The van der Waals surface area contributed by atoms with Crippen molar-refractivity contribution in [2.45, 2.75) is 0 Å². The number of hydrogen-bond acceptors (Lipinski definition) is 5. The van der Waals surface area contributed by atoms with E-state index in [9.17, 15) is 28.8 Å². The van der Waals surface area contributed by atoms with Crippen LogP contribution in [0.3, 0.4) is 0 Å². The van der Waals surface area contributed by atoms with Crippen molar-refractivity contribution in [3.63, 3.8) is 0 Å². The quantitative estimate of drug-likeness (QED) is 0.637. The SMILES string of the molecule is O=S(F)[N-]S(=O)[N-]S(=O)(=O)[N-]S(=O)F. The fraction of sp³-hybridized carbons (Fsp3) is 0. The van der Waals surface area contributed by atoms with Gasteiger partial charge in [-0.05, 0) is 0 Å². The Morgan fingerprint density at radius 2 is 1.43 bits per heavy atom. The van der Waals surface area contributed by atoms with Gasteiger partial charge in [0.15, 0.2) is 0 Å². The van der Waals surface area contributed by atoms with Crippen molar-refractivity contribution in [2.24, 2.45) is 0 Å². The van der Waals surface area contributed by atoms with Crippen LogP contribution in [0.2, 0.25) is 0 Å². The molecule has 0 aliphatic rings. The van der Waals surface area contributed by atoms with E-state index in [4.69, 9.17) is 0 Å². The number of hydrogen-bond donors (Lipinski definition) is 0. The minimum atomic E-state index is -4.95. The van der Waals surface area contributed by atoms with Crippen molar-refractivity contribution >= 4 is 44.1 Å². The summed E-state index contributed by atoms with van der Waals surface area (Å²) in [5.74, 6) is 0. The van der Waals surface area contributed by atoms with Crippen LogP contribution in [0.1, 0.15) is 0 Å². The molecule has 0 aromatic rings. The Kier molecular flexibility index (Phi) is 5.94. The van der Waals surface area contributed by atoms with Crippen LogP contribution in [0, 0.1) is 0 Å². The molecule has 3 atom stereocenters. The van der Waals surface area contributed by atoms with Crippen molar-refractivity contribution < 1.29 is 28.8 Å². The summed E-state index contributed by atoms with van der Waals surface area (Å²) in [7, 11) is -4.95. The number of nitrogens with zero attached hydrogens (tertiary/aromatic N) is 3. The summed E-state index contributed by atoms with van der Waals surface area (Å²) in [6, 6.07) is 0. The summed E-state index contributed by atoms with van der Waals surface area (Å²) in [5, 5.41) is 0. The highest BCUT2D eigenvalue weighted by Gasteiger charge is 1.89. The molecule has 3 unspecified atom stereocenters. The van der Waals surface area contributed by atoms with Gasteiger partial charge in [0.1, 0.15) is 22.7 Å². The van der Waals surface area contributed by atoms with Gasteiger partial charge in [0, 0.05) is 10.2 Å². The minimum Gasteiger partial charge on any atom is -0.498 e. The average Bonchev–Trinajstić information content (AvgIpc) is 1.77. The zero-order valence-electron chi connectivity index (χ0n) is 5.77. The van der Waals surface area contributed by atoms with E-state index in [0.29, 0.717) is 0 Å². The Labute approximate surface area is 85.5 Å². The van der Waals surface area contributed by atoms with Crippen LogP contribution in [0.4, 0.5) is 7.77 Å². The molecule has 0 spiro atoms. The van der Waals surface area contributed by atoms with Gasteiger partial charge in [0.05, 0.1) is 0 Å². The van der Waals surface area contributed by atoms with Crippen LogP contribution >= 0.6 is 0 Å². The third kappa shape index (κ3) is 7.54. The monoisotopic (exact) mass is 288 g/mol. The molecule has 0 fully saturated rings. The summed E-state index contributed by atoms with van der Waals surface area (Å²) >= 11 is -10.00. The predicted molar refractivity (Wildman–Crippen MR) is 45.6 cm³/mol. The molecule has 0 heterocycles. The normalized spacial score (nSPS) is 18.7. The van der Waals surface area contributed by atoms with Crippen LogP contribution in [-0.4, -0.2) is 21.0 Å². The predicted octanol–water partition coefficient (Wildman–Crippen LogP) is 0.0274. The first-order valence-electron chi connectivity index (χ1n) is 2.24. The molecule has 0 aromatic carbocycles. The van der Waals surface area contributed by atoms with Crippen LogP contribution in [-0.2, 0) is 44.1 Å². The topological polar surface area (TPSA) is 128 Å². The summed E-state index contributed by atoms with van der Waals surface area (Å²) in [6.45, 7) is 0. The second kappa shape index (κ2) is 5.89. The third-order valence-electron chi connectivity index (χ3n) is 0.433. The van der Waals surface area contributed by atoms with Crippen LogP contribution < -0.4 is 0 Å². The van der Waals surface area contributed by atoms with E-state index in [2.05, 4.69) is 8.25 Å². The lowest BCUT2D eigenvalue weighted by atomic mass is 13.8. The number of rotatable bonds is 6. The first-order chi connectivity index (χ1) is 6.23. The zero-order valence-corrected chi connectivity index (χ0v) is 9.04. The first-order valence-corrected chi connectivity index (χ1v) is 6.71. The Hall–Kier alpha value is 0.140. The maximum atomic E-state index is 11.5. The van der Waals surface area contributed by atoms with E-state index in [1.807, 2.05) is 4.13 Å². The molecule has 8 nitrogen and oxygen atoms in total. The van der Waals surface area contributed by atoms with Crippen molar-refractivity contribution in [1.82, 2.24) is 0 Å². The van der Waals surface area contributed by atoms with Crippen molar-refractivity contribution in [2.75, 3.05) is 0 Å². The standard InChI is InChI=1S/F2N3O5S4/c1-11(6)3-13(8)5-14(9,10)4-12(2)7/q-3. The lowest BCUT2D eigenvalue weighted by Crippen LogP contribution is -2.00. The second-order valence-electron chi connectivity index (χ2n) is 1.32. The number of halogens is 2. The minimum absolute atomic E-state index is 1.89. The highest BCUT2D eigenvalue weighted by molar-refractivity contribution is 8.20. The Morgan fingerprint density at radius 1 is 0.929 bits per heavy atom. The zero-order chi connectivity index (χ0) is 11.4. The van der Waals surface area contributed by atoms with Crippen LogP contribution in [0.5, 0.6) is 0 Å². The first kappa shape index (κ1) is 14.1. The molecule has 0 aliphatic carbocycles. The maximum absolute atomic E-state index is 11.5. The van der Waals surface area contributed by atoms with E-state index in [1.165, 1.54) is 0 Å². The summed E-state index contributed by atoms with van der Waals surface area (Å²) in [4.78, 5) is 0. The molecule has 86 valence electrons. The van der Waals surface area contributed by atoms with E-state index < -0.39 is 44.1 Å². The van der Waals surface area contributed by atoms with E-state index in [0.717, 1.165) is 0 Å². The van der Waals surface area contributed by atoms with Crippen molar-refractivity contribution in [1.29, 1.82) is 0 Å².